The van der Waals surface area contributed by atoms with E-state index in [1.54, 1.807) is 31.5 Å². The molecule has 60 valence electrons. The molecule has 0 aliphatic carbocycles. The Bertz CT molecular complexity index is 250. The van der Waals surface area contributed by atoms with Gasteiger partial charge < -0.3 is 5.11 Å². The Balaban J connectivity index is 0.00000121. The van der Waals surface area contributed by atoms with E-state index in [4.69, 9.17) is 5.11 Å². The van der Waals surface area contributed by atoms with Crippen molar-refractivity contribution in [1.82, 2.24) is 4.98 Å². The van der Waals surface area contributed by atoms with Gasteiger partial charge in [-0.25, -0.2) is 0 Å². The molecule has 0 saturated heterocycles. The van der Waals surface area contributed by atoms with Crippen molar-refractivity contribution in [2.24, 2.45) is 0 Å². The quantitative estimate of drug-likeness (QED) is 0.643. The van der Waals surface area contributed by atoms with Crippen molar-refractivity contribution in [1.29, 1.82) is 0 Å². The van der Waals surface area contributed by atoms with Crippen molar-refractivity contribution in [2.75, 3.05) is 0 Å². The first kappa shape index (κ1) is 11.2. The predicted octanol–water partition coefficient (Wildman–Crippen LogP) is 0.621. The molecule has 0 saturated carbocycles. The van der Waals surface area contributed by atoms with Gasteiger partial charge in [0.15, 0.2) is 0 Å². The van der Waals surface area contributed by atoms with Crippen LogP contribution in [0.15, 0.2) is 24.5 Å². The summed E-state index contributed by atoms with van der Waals surface area (Å²) in [6, 6.07) is 3.49. The van der Waals surface area contributed by atoms with Gasteiger partial charge in [-0.2, -0.15) is 0 Å². The zero-order valence-corrected chi connectivity index (χ0v) is 6.19. The first-order valence-corrected chi connectivity index (χ1v) is 3.34. The zero-order valence-electron chi connectivity index (χ0n) is 6.19. The predicted molar refractivity (Wildman–Crippen MR) is 47.4 cm³/mol. The molecule has 0 amide bonds. The van der Waals surface area contributed by atoms with Crippen LogP contribution >= 0.6 is 0 Å². The van der Waals surface area contributed by atoms with Crippen molar-refractivity contribution >= 4 is 24.8 Å². The van der Waals surface area contributed by atoms with Crippen molar-refractivity contribution in [3.8, 4) is 0 Å². The van der Waals surface area contributed by atoms with Crippen molar-refractivity contribution < 1.29 is 9.90 Å². The van der Waals surface area contributed by atoms with E-state index < -0.39 is 11.9 Å². The van der Waals surface area contributed by atoms with Crippen molar-refractivity contribution in [2.45, 2.75) is 12.8 Å². The maximum absolute atomic E-state index is 10.5. The van der Waals surface area contributed by atoms with Crippen LogP contribution in [0.1, 0.15) is 18.4 Å². The molecule has 12 heavy (non-hydrogen) atoms. The summed E-state index contributed by atoms with van der Waals surface area (Å²) in [4.78, 5) is 14.3. The molecule has 0 aromatic carbocycles. The number of pyridine rings is 1. The number of aliphatic carboxylic acids is 1. The van der Waals surface area contributed by atoms with Gasteiger partial charge >= 0.3 is 24.8 Å². The molecule has 1 aromatic rings. The van der Waals surface area contributed by atoms with E-state index in [1.807, 2.05) is 0 Å². The zero-order chi connectivity index (χ0) is 8.27. The fraction of sp³-hybridized carbons (Fsp3) is 0.250. The van der Waals surface area contributed by atoms with Gasteiger partial charge in [0.05, 0.1) is 5.92 Å². The van der Waals surface area contributed by atoms with Crippen LogP contribution in [0.4, 0.5) is 0 Å². The number of hydrogen-bond acceptors (Lipinski definition) is 2. The molecule has 1 heterocycles. The number of nitrogens with zero attached hydrogens (tertiary/aromatic N) is 1. The second kappa shape index (κ2) is 4.97. The number of carboxylic acids is 1. The molecule has 0 aliphatic heterocycles. The van der Waals surface area contributed by atoms with E-state index in [1.165, 1.54) is 0 Å². The van der Waals surface area contributed by atoms with E-state index >= 15 is 0 Å². The molecule has 0 spiro atoms. The molecule has 1 atom stereocenters. The monoisotopic (exact) mass is 159 g/mol. The molecular formula is C8H10LiNO2. The normalized spacial score (nSPS) is 11.4. The van der Waals surface area contributed by atoms with Crippen LogP contribution in [0.3, 0.4) is 0 Å². The number of carbonyl (C=O) groups is 1. The molecular weight excluding hydrogens is 149 g/mol. The Morgan fingerprint density at radius 1 is 1.67 bits per heavy atom. The molecule has 0 radical (unpaired) electrons. The van der Waals surface area contributed by atoms with Crippen LogP contribution in [-0.2, 0) is 4.79 Å². The third-order valence-corrected chi connectivity index (χ3v) is 1.55. The number of hydrogen-bond donors (Lipinski definition) is 1. The van der Waals surface area contributed by atoms with Gasteiger partial charge in [-0.3, -0.25) is 9.78 Å². The van der Waals surface area contributed by atoms with Gasteiger partial charge in [0.2, 0.25) is 0 Å². The summed E-state index contributed by atoms with van der Waals surface area (Å²) in [7, 11) is 0. The standard InChI is InChI=1S/C8H9NO2.Li.H/c1-6(8(10)11)7-3-2-4-9-5-7;;/h2-6H,1H3,(H,10,11);;. The summed E-state index contributed by atoms with van der Waals surface area (Å²) in [5.41, 5.74) is 0.736. The number of rotatable bonds is 2. The van der Waals surface area contributed by atoms with Gasteiger partial charge in [-0.15, -0.1) is 0 Å². The molecule has 1 N–H and O–H groups in total. The van der Waals surface area contributed by atoms with Crippen LogP contribution < -0.4 is 0 Å². The Morgan fingerprint density at radius 3 is 2.75 bits per heavy atom. The first-order valence-electron chi connectivity index (χ1n) is 3.34. The number of aromatic nitrogens is 1. The van der Waals surface area contributed by atoms with Crippen LogP contribution in [0, 0.1) is 0 Å². The van der Waals surface area contributed by atoms with Crippen LogP contribution in [0.25, 0.3) is 0 Å². The minimum absolute atomic E-state index is 0. The van der Waals surface area contributed by atoms with Gasteiger partial charge in [0.25, 0.3) is 0 Å². The Morgan fingerprint density at radius 2 is 2.33 bits per heavy atom. The summed E-state index contributed by atoms with van der Waals surface area (Å²) >= 11 is 0. The second-order valence-electron chi connectivity index (χ2n) is 2.35. The molecule has 3 nitrogen and oxygen atoms in total. The fourth-order valence-electron chi connectivity index (χ4n) is 0.775. The fourth-order valence-corrected chi connectivity index (χ4v) is 0.775. The van der Waals surface area contributed by atoms with Crippen molar-refractivity contribution in [3.05, 3.63) is 30.1 Å². The molecule has 1 unspecified atom stereocenters. The van der Waals surface area contributed by atoms with Crippen molar-refractivity contribution in [3.63, 3.8) is 0 Å². The van der Waals surface area contributed by atoms with E-state index in [0.717, 1.165) is 5.56 Å². The minimum atomic E-state index is -0.821. The molecule has 1 rings (SSSR count). The molecule has 0 fully saturated rings. The summed E-state index contributed by atoms with van der Waals surface area (Å²) < 4.78 is 0. The van der Waals surface area contributed by atoms with Gasteiger partial charge in [-0.1, -0.05) is 6.07 Å². The SMILES string of the molecule is CC(C(=O)O)c1cccnc1.[LiH]. The van der Waals surface area contributed by atoms with E-state index in [-0.39, 0.29) is 18.9 Å². The van der Waals surface area contributed by atoms with Crippen LogP contribution in [-0.4, -0.2) is 34.9 Å². The summed E-state index contributed by atoms with van der Waals surface area (Å²) in [6.45, 7) is 1.64. The summed E-state index contributed by atoms with van der Waals surface area (Å²) in [5.74, 6) is -1.29. The molecule has 0 bridgehead atoms. The third-order valence-electron chi connectivity index (χ3n) is 1.55. The topological polar surface area (TPSA) is 50.2 Å². The Hall–Kier alpha value is -0.783. The maximum atomic E-state index is 10.5. The van der Waals surface area contributed by atoms with Gasteiger partial charge in [-0.05, 0) is 18.6 Å². The summed E-state index contributed by atoms with van der Waals surface area (Å²) in [5, 5.41) is 8.61. The van der Waals surface area contributed by atoms with E-state index in [0.29, 0.717) is 0 Å². The van der Waals surface area contributed by atoms with Crippen LogP contribution in [0.2, 0.25) is 0 Å². The van der Waals surface area contributed by atoms with Gasteiger partial charge in [0.1, 0.15) is 0 Å². The summed E-state index contributed by atoms with van der Waals surface area (Å²) in [6.07, 6.45) is 3.19. The van der Waals surface area contributed by atoms with E-state index in [2.05, 4.69) is 4.98 Å². The average Bonchev–Trinajstić information content (AvgIpc) is 2.05. The van der Waals surface area contributed by atoms with E-state index in [9.17, 15) is 4.79 Å². The molecule has 4 heteroatoms. The average molecular weight is 159 g/mol. The Labute approximate surface area is 83.0 Å². The second-order valence-corrected chi connectivity index (χ2v) is 2.35. The molecule has 0 aliphatic rings. The first-order chi connectivity index (χ1) is 5.22. The van der Waals surface area contributed by atoms with Gasteiger partial charge in [0, 0.05) is 12.4 Å². The molecule has 1 aromatic heterocycles. The third kappa shape index (κ3) is 2.69. The number of carboxylic acid groups (broad SMARTS) is 1. The Kier molecular flexibility index (Phi) is 4.64. The van der Waals surface area contributed by atoms with Crippen LogP contribution in [0.5, 0.6) is 0 Å².